The fraction of sp³-hybridized carbons (Fsp3) is 0.722. The van der Waals surface area contributed by atoms with Crippen LogP contribution < -0.4 is 0 Å². The van der Waals surface area contributed by atoms with Gasteiger partial charge in [0, 0.05) is 18.2 Å². The van der Waals surface area contributed by atoms with Crippen molar-refractivity contribution in [3.05, 3.63) is 23.3 Å². The van der Waals surface area contributed by atoms with Gasteiger partial charge in [0.25, 0.3) is 0 Å². The average molecular weight is 345 g/mol. The van der Waals surface area contributed by atoms with Crippen LogP contribution in [0.25, 0.3) is 0 Å². The number of allylic oxidation sites excluding steroid dienone is 1. The molecule has 0 aromatic rings. The van der Waals surface area contributed by atoms with E-state index in [-0.39, 0.29) is 24.9 Å². The second kappa shape index (κ2) is 10.1. The van der Waals surface area contributed by atoms with E-state index in [1.807, 2.05) is 0 Å². The highest BCUT2D eigenvalue weighted by Crippen LogP contribution is 2.29. The highest BCUT2D eigenvalue weighted by Gasteiger charge is 2.24. The Hall–Kier alpha value is -0.870. The van der Waals surface area contributed by atoms with E-state index in [9.17, 15) is 9.18 Å². The molecule has 3 nitrogen and oxygen atoms in total. The summed E-state index contributed by atoms with van der Waals surface area (Å²) in [7, 11) is 0. The summed E-state index contributed by atoms with van der Waals surface area (Å²) in [6, 6.07) is 0. The number of ether oxygens (including phenoxy) is 2. The van der Waals surface area contributed by atoms with E-state index in [0.29, 0.717) is 12.3 Å². The summed E-state index contributed by atoms with van der Waals surface area (Å²) in [5.41, 5.74) is 2.42. The minimum atomic E-state index is -0.363. The first-order valence-corrected chi connectivity index (χ1v) is 8.97. The topological polar surface area (TPSA) is 35.5 Å². The minimum Gasteiger partial charge on any atom is -0.459 e. The fourth-order valence-electron chi connectivity index (χ4n) is 3.31. The number of esters is 1. The molecule has 2 rings (SSSR count). The van der Waals surface area contributed by atoms with Gasteiger partial charge in [0.15, 0.2) is 0 Å². The van der Waals surface area contributed by atoms with E-state index in [1.165, 1.54) is 17.2 Å². The molecule has 2 aliphatic carbocycles. The molecule has 0 heterocycles. The third-order valence-electron chi connectivity index (χ3n) is 4.72. The Balaban J connectivity index is 1.61. The lowest BCUT2D eigenvalue weighted by Crippen LogP contribution is -2.27. The smallest absolute Gasteiger partial charge is 0.331 e. The number of rotatable bonds is 7. The van der Waals surface area contributed by atoms with Crippen LogP contribution in [0.1, 0.15) is 51.4 Å². The normalized spacial score (nSPS) is 28.6. The van der Waals surface area contributed by atoms with Gasteiger partial charge in [-0.3, -0.25) is 4.39 Å². The number of halogens is 2. The molecule has 0 saturated heterocycles. The van der Waals surface area contributed by atoms with Gasteiger partial charge in [-0.1, -0.05) is 23.3 Å². The van der Waals surface area contributed by atoms with Gasteiger partial charge in [-0.05, 0) is 57.3 Å². The molecule has 130 valence electrons. The third-order valence-corrected chi connectivity index (χ3v) is 4.84. The summed E-state index contributed by atoms with van der Waals surface area (Å²) in [6.45, 7) is 0.519. The van der Waals surface area contributed by atoms with E-state index < -0.39 is 0 Å². The van der Waals surface area contributed by atoms with Gasteiger partial charge in [-0.15, -0.1) is 0 Å². The van der Waals surface area contributed by atoms with Crippen LogP contribution in [0.5, 0.6) is 0 Å². The summed E-state index contributed by atoms with van der Waals surface area (Å²) in [4.78, 5) is 11.4. The Morgan fingerprint density at radius 2 is 2.04 bits per heavy atom. The first-order chi connectivity index (χ1) is 11.2. The number of carbonyl (C=O) groups is 1. The van der Waals surface area contributed by atoms with Crippen LogP contribution in [-0.4, -0.2) is 31.5 Å². The molecule has 0 aliphatic heterocycles. The summed E-state index contributed by atoms with van der Waals surface area (Å²) >= 11 is 5.36. The van der Waals surface area contributed by atoms with Gasteiger partial charge >= 0.3 is 5.97 Å². The number of hydrogen-bond donors (Lipinski definition) is 0. The van der Waals surface area contributed by atoms with Crippen molar-refractivity contribution in [2.45, 2.75) is 63.6 Å². The van der Waals surface area contributed by atoms with Crippen molar-refractivity contribution in [3.8, 4) is 0 Å². The molecule has 2 aliphatic rings. The molecule has 0 bridgehead atoms. The molecule has 5 heteroatoms. The zero-order valence-electron chi connectivity index (χ0n) is 13.5. The molecule has 0 radical (unpaired) electrons. The Kier molecular flexibility index (Phi) is 8.10. The average Bonchev–Trinajstić information content (AvgIpc) is 2.56. The lowest BCUT2D eigenvalue weighted by atomic mass is 9.87. The molecule has 0 N–H and O–H groups in total. The van der Waals surface area contributed by atoms with E-state index in [1.54, 1.807) is 0 Å². The van der Waals surface area contributed by atoms with Crippen molar-refractivity contribution in [2.75, 3.05) is 13.3 Å². The lowest BCUT2D eigenvalue weighted by molar-refractivity contribution is -0.145. The second-order valence-corrected chi connectivity index (χ2v) is 6.66. The predicted octanol–water partition coefficient (Wildman–Crippen LogP) is 4.70. The van der Waals surface area contributed by atoms with Gasteiger partial charge in [0.05, 0.1) is 12.8 Å². The number of alkyl halides is 1. The van der Waals surface area contributed by atoms with Crippen molar-refractivity contribution in [2.24, 2.45) is 5.92 Å². The maximum atomic E-state index is 12.3. The molecule has 1 fully saturated rings. The zero-order chi connectivity index (χ0) is 16.5. The molecule has 0 spiro atoms. The standard InChI is InChI=1S/C18H26ClFO3/c19-11-9-18(21)23-17-7-3-15(4-8-17)13-22-16-5-1-14(2-6-16)10-12-20/h1,9,11,15-17H,2-8,10,12-13H2/b11-9+. The quantitative estimate of drug-likeness (QED) is 0.381. The first kappa shape index (κ1) is 18.5. The van der Waals surface area contributed by atoms with Crippen LogP contribution in [-0.2, 0) is 14.3 Å². The van der Waals surface area contributed by atoms with Crippen molar-refractivity contribution < 1.29 is 18.7 Å². The van der Waals surface area contributed by atoms with Gasteiger partial charge in [0.2, 0.25) is 0 Å². The second-order valence-electron chi connectivity index (χ2n) is 6.40. The van der Waals surface area contributed by atoms with Crippen molar-refractivity contribution >= 4 is 17.6 Å². The van der Waals surface area contributed by atoms with Crippen LogP contribution in [0.15, 0.2) is 23.3 Å². The molecule has 1 atom stereocenters. The molecule has 0 amide bonds. The Labute approximate surface area is 142 Å². The molecule has 1 unspecified atom stereocenters. The Morgan fingerprint density at radius 1 is 1.26 bits per heavy atom. The van der Waals surface area contributed by atoms with Gasteiger partial charge in [-0.25, -0.2) is 4.79 Å². The SMILES string of the molecule is O=C(/C=C/Cl)OC1CCC(COC2CC=C(CCF)CC2)CC1. The van der Waals surface area contributed by atoms with Crippen molar-refractivity contribution in [1.82, 2.24) is 0 Å². The van der Waals surface area contributed by atoms with E-state index in [2.05, 4.69) is 6.08 Å². The maximum Gasteiger partial charge on any atom is 0.331 e. The van der Waals surface area contributed by atoms with Crippen molar-refractivity contribution in [3.63, 3.8) is 0 Å². The zero-order valence-corrected chi connectivity index (χ0v) is 14.3. The van der Waals surface area contributed by atoms with Crippen LogP contribution in [0.2, 0.25) is 0 Å². The Bertz CT molecular complexity index is 428. The van der Waals surface area contributed by atoms with E-state index in [4.69, 9.17) is 21.1 Å². The lowest BCUT2D eigenvalue weighted by Gasteiger charge is -2.30. The molecule has 0 aromatic carbocycles. The van der Waals surface area contributed by atoms with Crippen LogP contribution in [0.3, 0.4) is 0 Å². The van der Waals surface area contributed by atoms with Crippen molar-refractivity contribution in [1.29, 1.82) is 0 Å². The summed E-state index contributed by atoms with van der Waals surface area (Å²) in [5.74, 6) is 0.183. The van der Waals surface area contributed by atoms with Gasteiger partial charge < -0.3 is 9.47 Å². The minimum absolute atomic E-state index is 0.00693. The molecule has 23 heavy (non-hydrogen) atoms. The fourth-order valence-corrected chi connectivity index (χ4v) is 3.41. The molecule has 1 saturated carbocycles. The Morgan fingerprint density at radius 3 is 2.65 bits per heavy atom. The molecular formula is C18H26ClFO3. The number of carbonyl (C=O) groups excluding carboxylic acids is 1. The van der Waals surface area contributed by atoms with E-state index >= 15 is 0 Å². The summed E-state index contributed by atoms with van der Waals surface area (Å²) < 4.78 is 23.7. The van der Waals surface area contributed by atoms with Gasteiger partial charge in [-0.2, -0.15) is 0 Å². The van der Waals surface area contributed by atoms with Crippen LogP contribution >= 0.6 is 11.6 Å². The summed E-state index contributed by atoms with van der Waals surface area (Å²) in [5, 5.41) is 0. The van der Waals surface area contributed by atoms with Gasteiger partial charge in [0.1, 0.15) is 6.10 Å². The largest absolute Gasteiger partial charge is 0.459 e. The van der Waals surface area contributed by atoms with E-state index in [0.717, 1.165) is 51.6 Å². The summed E-state index contributed by atoms with van der Waals surface area (Å²) in [6.07, 6.45) is 11.0. The third kappa shape index (κ3) is 6.64. The highest BCUT2D eigenvalue weighted by atomic mass is 35.5. The molecular weight excluding hydrogens is 319 g/mol. The van der Waals surface area contributed by atoms with Crippen LogP contribution in [0, 0.1) is 5.92 Å². The van der Waals surface area contributed by atoms with Crippen LogP contribution in [0.4, 0.5) is 4.39 Å². The first-order valence-electron chi connectivity index (χ1n) is 8.54. The highest BCUT2D eigenvalue weighted by molar-refractivity contribution is 6.26. The molecule has 0 aromatic heterocycles. The monoisotopic (exact) mass is 344 g/mol. The maximum absolute atomic E-state index is 12.3. The predicted molar refractivity (Wildman–Crippen MR) is 89.1 cm³/mol. The number of hydrogen-bond acceptors (Lipinski definition) is 3.